The molecule has 2 aromatic heterocycles. The van der Waals surface area contributed by atoms with Crippen LogP contribution in [-0.4, -0.2) is 34.4 Å². The predicted molar refractivity (Wildman–Crippen MR) is 107 cm³/mol. The molecule has 1 aromatic carbocycles. The highest BCUT2D eigenvalue weighted by molar-refractivity contribution is 5.67. The van der Waals surface area contributed by atoms with Gasteiger partial charge < -0.3 is 15.4 Å². The number of aromatic nitrogens is 3. The van der Waals surface area contributed by atoms with Gasteiger partial charge in [-0.3, -0.25) is 4.98 Å². The highest BCUT2D eigenvalue weighted by Gasteiger charge is 2.19. The molecule has 1 fully saturated rings. The minimum atomic E-state index is -0.361. The number of nitrogens with two attached hydrogens (primary N) is 1. The van der Waals surface area contributed by atoms with Crippen molar-refractivity contribution in [2.24, 2.45) is 12.8 Å². The van der Waals surface area contributed by atoms with Crippen molar-refractivity contribution >= 4 is 5.82 Å². The smallest absolute Gasteiger partial charge is 0.219 e. The first-order valence-corrected chi connectivity index (χ1v) is 9.56. The Morgan fingerprint density at radius 2 is 1.96 bits per heavy atom. The van der Waals surface area contributed by atoms with Crippen LogP contribution in [0.2, 0.25) is 0 Å². The molecule has 0 unspecified atom stereocenters. The molecule has 6 nitrogen and oxygen atoms in total. The maximum absolute atomic E-state index is 13.9. The molecule has 0 amide bonds. The maximum Gasteiger partial charge on any atom is 0.219 e. The fraction of sp³-hybridized carbons (Fsp3) is 0.333. The zero-order chi connectivity index (χ0) is 19.5. The lowest BCUT2D eigenvalue weighted by Gasteiger charge is -2.12. The Bertz CT molecular complexity index is 948. The fourth-order valence-electron chi connectivity index (χ4n) is 3.44. The van der Waals surface area contributed by atoms with E-state index in [1.807, 2.05) is 25.2 Å². The van der Waals surface area contributed by atoms with E-state index in [9.17, 15) is 4.39 Å². The van der Waals surface area contributed by atoms with Crippen LogP contribution in [0.25, 0.3) is 11.3 Å². The van der Waals surface area contributed by atoms with Crippen LogP contribution in [0.4, 0.5) is 10.2 Å². The summed E-state index contributed by atoms with van der Waals surface area (Å²) in [5.41, 5.74) is 8.11. The Morgan fingerprint density at radius 3 is 2.68 bits per heavy atom. The Morgan fingerprint density at radius 1 is 1.14 bits per heavy atom. The van der Waals surface area contributed by atoms with Crippen LogP contribution >= 0.6 is 0 Å². The van der Waals surface area contributed by atoms with Crippen molar-refractivity contribution in [1.82, 2.24) is 14.8 Å². The molecule has 1 aliphatic heterocycles. The van der Waals surface area contributed by atoms with E-state index >= 15 is 0 Å². The summed E-state index contributed by atoms with van der Waals surface area (Å²) in [7, 11) is 1.83. The Labute approximate surface area is 163 Å². The van der Waals surface area contributed by atoms with E-state index in [2.05, 4.69) is 15.0 Å². The minimum absolute atomic E-state index is 0.361. The number of anilines is 1. The number of pyridine rings is 1. The highest BCUT2D eigenvalue weighted by atomic mass is 19.1. The highest BCUT2D eigenvalue weighted by Crippen LogP contribution is 2.34. The summed E-state index contributed by atoms with van der Waals surface area (Å²) in [6.45, 7) is 2.58. The van der Waals surface area contributed by atoms with E-state index in [0.717, 1.165) is 42.1 Å². The lowest BCUT2D eigenvalue weighted by molar-refractivity contribution is 0.429. The van der Waals surface area contributed by atoms with E-state index < -0.39 is 0 Å². The average molecular weight is 381 g/mol. The number of rotatable bonds is 6. The van der Waals surface area contributed by atoms with Crippen LogP contribution in [0.3, 0.4) is 0 Å². The van der Waals surface area contributed by atoms with Gasteiger partial charge in [-0.25, -0.2) is 9.07 Å². The molecule has 4 rings (SSSR count). The second-order valence-electron chi connectivity index (χ2n) is 6.99. The minimum Gasteiger partial charge on any atom is -0.438 e. The van der Waals surface area contributed by atoms with Gasteiger partial charge in [0.1, 0.15) is 11.6 Å². The molecule has 0 atom stereocenters. The molecular formula is C21H24FN5O. The number of hydrogen-bond donors (Lipinski definition) is 1. The Kier molecular flexibility index (Phi) is 5.25. The van der Waals surface area contributed by atoms with Gasteiger partial charge in [0.15, 0.2) is 5.82 Å². The fourth-order valence-corrected chi connectivity index (χ4v) is 3.44. The molecule has 3 heterocycles. The molecule has 1 aliphatic rings. The van der Waals surface area contributed by atoms with Crippen molar-refractivity contribution in [3.8, 4) is 22.9 Å². The third kappa shape index (κ3) is 3.84. The van der Waals surface area contributed by atoms with Crippen molar-refractivity contribution in [2.45, 2.75) is 19.3 Å². The van der Waals surface area contributed by atoms with Gasteiger partial charge in [-0.2, -0.15) is 5.10 Å². The van der Waals surface area contributed by atoms with Gasteiger partial charge in [-0.1, -0.05) is 6.07 Å². The summed E-state index contributed by atoms with van der Waals surface area (Å²) in [4.78, 5) is 6.73. The van der Waals surface area contributed by atoms with Crippen molar-refractivity contribution in [2.75, 3.05) is 24.5 Å². The summed E-state index contributed by atoms with van der Waals surface area (Å²) in [5, 5.41) is 4.54. The Hall–Kier alpha value is -2.93. The van der Waals surface area contributed by atoms with E-state index in [0.29, 0.717) is 18.2 Å². The van der Waals surface area contributed by atoms with Gasteiger partial charge in [-0.05, 0) is 49.6 Å². The molecule has 0 spiro atoms. The van der Waals surface area contributed by atoms with Gasteiger partial charge in [-0.15, -0.1) is 0 Å². The van der Waals surface area contributed by atoms with Crippen LogP contribution in [0.15, 0.2) is 42.6 Å². The molecule has 0 saturated carbocycles. The zero-order valence-electron chi connectivity index (χ0n) is 15.9. The van der Waals surface area contributed by atoms with Crippen LogP contribution in [0.1, 0.15) is 18.4 Å². The van der Waals surface area contributed by atoms with Crippen LogP contribution in [-0.2, 0) is 13.5 Å². The average Bonchev–Trinajstić information content (AvgIpc) is 3.34. The molecule has 7 heteroatoms. The Balaban J connectivity index is 1.63. The van der Waals surface area contributed by atoms with Crippen molar-refractivity contribution in [3.63, 3.8) is 0 Å². The molecule has 2 N–H and O–H groups in total. The first-order chi connectivity index (χ1) is 13.6. The SMILES string of the molecule is Cn1nc(N2CCCC2)cc1Oc1cc(F)ccc1-c1ccc(CCN)cn1. The van der Waals surface area contributed by atoms with E-state index in [1.165, 1.54) is 25.0 Å². The molecule has 0 bridgehead atoms. The second-order valence-corrected chi connectivity index (χ2v) is 6.99. The normalized spacial score (nSPS) is 13.9. The molecule has 0 radical (unpaired) electrons. The van der Waals surface area contributed by atoms with E-state index in [4.69, 9.17) is 10.5 Å². The lowest BCUT2D eigenvalue weighted by atomic mass is 10.1. The zero-order valence-corrected chi connectivity index (χ0v) is 15.9. The molecule has 146 valence electrons. The number of aryl methyl sites for hydroxylation is 1. The largest absolute Gasteiger partial charge is 0.438 e. The quantitative estimate of drug-likeness (QED) is 0.708. The summed E-state index contributed by atoms with van der Waals surface area (Å²) < 4.78 is 21.7. The van der Waals surface area contributed by atoms with Crippen molar-refractivity contribution in [1.29, 1.82) is 0 Å². The summed E-state index contributed by atoms with van der Waals surface area (Å²) >= 11 is 0. The van der Waals surface area contributed by atoms with E-state index in [1.54, 1.807) is 16.9 Å². The van der Waals surface area contributed by atoms with Crippen LogP contribution < -0.4 is 15.4 Å². The van der Waals surface area contributed by atoms with Gasteiger partial charge in [0.25, 0.3) is 0 Å². The first-order valence-electron chi connectivity index (χ1n) is 9.56. The number of nitrogens with zero attached hydrogens (tertiary/aromatic N) is 4. The third-order valence-corrected chi connectivity index (χ3v) is 4.95. The molecule has 1 saturated heterocycles. The van der Waals surface area contributed by atoms with Gasteiger partial charge in [0.05, 0.1) is 5.69 Å². The third-order valence-electron chi connectivity index (χ3n) is 4.95. The van der Waals surface area contributed by atoms with E-state index in [-0.39, 0.29) is 5.82 Å². The number of ether oxygens (including phenoxy) is 1. The summed E-state index contributed by atoms with van der Waals surface area (Å²) in [6.07, 6.45) is 4.92. The number of hydrogen-bond acceptors (Lipinski definition) is 5. The summed E-state index contributed by atoms with van der Waals surface area (Å²) in [5.74, 6) is 1.50. The number of benzene rings is 1. The van der Waals surface area contributed by atoms with Gasteiger partial charge in [0.2, 0.25) is 5.88 Å². The number of halogens is 1. The monoisotopic (exact) mass is 381 g/mol. The molecule has 28 heavy (non-hydrogen) atoms. The molecule has 3 aromatic rings. The summed E-state index contributed by atoms with van der Waals surface area (Å²) in [6, 6.07) is 10.3. The van der Waals surface area contributed by atoms with Crippen molar-refractivity contribution in [3.05, 3.63) is 54.0 Å². The first kappa shape index (κ1) is 18.4. The molecular weight excluding hydrogens is 357 g/mol. The second kappa shape index (κ2) is 7.98. The molecule has 0 aliphatic carbocycles. The standard InChI is InChI=1S/C21H24FN5O/c1-26-21(13-20(25-26)27-10-2-3-11-27)28-19-12-16(22)5-6-17(19)18-7-4-15(8-9-23)14-24-18/h4-7,12-14H,2-3,8-11,23H2,1H3. The lowest BCUT2D eigenvalue weighted by Crippen LogP contribution is -2.18. The van der Waals surface area contributed by atoms with Crippen molar-refractivity contribution < 1.29 is 9.13 Å². The topological polar surface area (TPSA) is 69.2 Å². The van der Waals surface area contributed by atoms with Gasteiger partial charge >= 0.3 is 0 Å². The predicted octanol–water partition coefficient (Wildman–Crippen LogP) is 3.51. The van der Waals surface area contributed by atoms with Crippen LogP contribution in [0, 0.1) is 5.82 Å². The van der Waals surface area contributed by atoms with Gasteiger partial charge in [0, 0.05) is 44.0 Å². The van der Waals surface area contributed by atoms with Crippen LogP contribution in [0.5, 0.6) is 11.6 Å². The maximum atomic E-state index is 13.9.